The summed E-state index contributed by atoms with van der Waals surface area (Å²) in [6.07, 6.45) is 6.68. The summed E-state index contributed by atoms with van der Waals surface area (Å²) in [6, 6.07) is 0. The molecule has 0 aromatic rings. The zero-order valence-electron chi connectivity index (χ0n) is 12.7. The van der Waals surface area contributed by atoms with Gasteiger partial charge in [-0.15, -0.1) is 12.4 Å². The highest BCUT2D eigenvalue weighted by molar-refractivity contribution is 5.85. The second kappa shape index (κ2) is 8.80. The SMILES string of the molecule is CCC(CC)(CC)CNC(=O)[C@@H]1CCC[C@@H]1CN.Cl. The lowest BCUT2D eigenvalue weighted by Crippen LogP contribution is -2.41. The molecule has 3 N–H and O–H groups in total. The molecule has 0 radical (unpaired) electrons. The van der Waals surface area contributed by atoms with Crippen molar-refractivity contribution < 1.29 is 4.79 Å². The molecule has 0 aromatic heterocycles. The van der Waals surface area contributed by atoms with Crippen LogP contribution in [0.5, 0.6) is 0 Å². The van der Waals surface area contributed by atoms with Crippen molar-refractivity contribution >= 4 is 18.3 Å². The maximum atomic E-state index is 12.2. The molecule has 114 valence electrons. The Hall–Kier alpha value is -0.280. The Morgan fingerprint density at radius 3 is 2.26 bits per heavy atom. The number of hydrogen-bond donors (Lipinski definition) is 2. The Kier molecular flexibility index (Phi) is 8.67. The van der Waals surface area contributed by atoms with Crippen LogP contribution in [0, 0.1) is 17.3 Å². The minimum atomic E-state index is 0. The number of hydrogen-bond acceptors (Lipinski definition) is 2. The van der Waals surface area contributed by atoms with Crippen LogP contribution in [0.25, 0.3) is 0 Å². The quantitative estimate of drug-likeness (QED) is 0.757. The van der Waals surface area contributed by atoms with Crippen LogP contribution >= 0.6 is 12.4 Å². The number of nitrogens with one attached hydrogen (secondary N) is 1. The fourth-order valence-corrected chi connectivity index (χ4v) is 3.19. The van der Waals surface area contributed by atoms with Gasteiger partial charge in [-0.2, -0.15) is 0 Å². The van der Waals surface area contributed by atoms with Gasteiger partial charge in [0.1, 0.15) is 0 Å². The van der Waals surface area contributed by atoms with Gasteiger partial charge in [-0.3, -0.25) is 4.79 Å². The summed E-state index contributed by atoms with van der Waals surface area (Å²) < 4.78 is 0. The van der Waals surface area contributed by atoms with E-state index in [1.807, 2.05) is 0 Å². The molecule has 1 fully saturated rings. The van der Waals surface area contributed by atoms with E-state index in [1.54, 1.807) is 0 Å². The number of halogens is 1. The first-order valence-electron chi connectivity index (χ1n) is 7.60. The summed E-state index contributed by atoms with van der Waals surface area (Å²) in [5.41, 5.74) is 6.03. The van der Waals surface area contributed by atoms with Crippen LogP contribution in [0.1, 0.15) is 59.3 Å². The fraction of sp³-hybridized carbons (Fsp3) is 0.933. The van der Waals surface area contributed by atoms with Gasteiger partial charge in [-0.1, -0.05) is 27.2 Å². The Labute approximate surface area is 124 Å². The average molecular weight is 291 g/mol. The third-order valence-electron chi connectivity index (χ3n) is 5.19. The number of carbonyl (C=O) groups excluding carboxylic acids is 1. The van der Waals surface area contributed by atoms with Gasteiger partial charge >= 0.3 is 0 Å². The maximum Gasteiger partial charge on any atom is 0.223 e. The monoisotopic (exact) mass is 290 g/mol. The molecular formula is C15H31ClN2O. The molecule has 0 aliphatic heterocycles. The minimum Gasteiger partial charge on any atom is -0.355 e. The first kappa shape index (κ1) is 18.7. The number of rotatable bonds is 7. The van der Waals surface area contributed by atoms with Crippen LogP contribution in [0.4, 0.5) is 0 Å². The molecule has 0 saturated heterocycles. The van der Waals surface area contributed by atoms with Crippen molar-refractivity contribution in [1.82, 2.24) is 5.32 Å². The van der Waals surface area contributed by atoms with Gasteiger partial charge in [0.05, 0.1) is 0 Å². The fourth-order valence-electron chi connectivity index (χ4n) is 3.19. The summed E-state index contributed by atoms with van der Waals surface area (Å²) in [4.78, 5) is 12.2. The van der Waals surface area contributed by atoms with Gasteiger partial charge in [0.25, 0.3) is 0 Å². The van der Waals surface area contributed by atoms with Crippen LogP contribution in [0.15, 0.2) is 0 Å². The van der Waals surface area contributed by atoms with Gasteiger partial charge in [0.2, 0.25) is 5.91 Å². The van der Waals surface area contributed by atoms with Crippen molar-refractivity contribution in [3.63, 3.8) is 0 Å². The Bertz CT molecular complexity index is 259. The van der Waals surface area contributed by atoms with Crippen molar-refractivity contribution in [2.24, 2.45) is 23.0 Å². The van der Waals surface area contributed by atoms with Crippen LogP contribution in [-0.4, -0.2) is 19.0 Å². The molecule has 2 atom stereocenters. The molecule has 0 spiro atoms. The van der Waals surface area contributed by atoms with Crippen LogP contribution in [-0.2, 0) is 4.79 Å². The van der Waals surface area contributed by atoms with E-state index in [2.05, 4.69) is 26.1 Å². The van der Waals surface area contributed by atoms with Crippen LogP contribution in [0.2, 0.25) is 0 Å². The summed E-state index contributed by atoms with van der Waals surface area (Å²) in [5, 5.41) is 3.19. The standard InChI is InChI=1S/C15H30N2O.ClH/c1-4-15(5-2,6-3)11-17-14(18)13-9-7-8-12(13)10-16;/h12-13H,4-11,16H2,1-3H3,(H,17,18);1H/t12-,13-;/m1./s1. The highest BCUT2D eigenvalue weighted by Gasteiger charge is 2.33. The van der Waals surface area contributed by atoms with E-state index in [4.69, 9.17) is 5.73 Å². The van der Waals surface area contributed by atoms with Crippen molar-refractivity contribution in [2.75, 3.05) is 13.1 Å². The zero-order valence-corrected chi connectivity index (χ0v) is 13.5. The van der Waals surface area contributed by atoms with Crippen molar-refractivity contribution in [3.8, 4) is 0 Å². The molecule has 0 bridgehead atoms. The first-order chi connectivity index (χ1) is 8.62. The normalized spacial score (nSPS) is 22.9. The number of nitrogens with two attached hydrogens (primary N) is 1. The molecule has 4 heteroatoms. The van der Waals surface area contributed by atoms with E-state index in [0.29, 0.717) is 12.5 Å². The molecule has 19 heavy (non-hydrogen) atoms. The first-order valence-corrected chi connectivity index (χ1v) is 7.60. The van der Waals surface area contributed by atoms with Gasteiger partial charge in [-0.25, -0.2) is 0 Å². The van der Waals surface area contributed by atoms with E-state index in [1.165, 1.54) is 0 Å². The Morgan fingerprint density at radius 2 is 1.79 bits per heavy atom. The summed E-state index contributed by atoms with van der Waals surface area (Å²) in [7, 11) is 0. The van der Waals surface area contributed by atoms with E-state index in [9.17, 15) is 4.79 Å². The third kappa shape index (κ3) is 4.64. The molecule has 1 saturated carbocycles. The minimum absolute atomic E-state index is 0. The number of carbonyl (C=O) groups is 1. The maximum absolute atomic E-state index is 12.2. The topological polar surface area (TPSA) is 55.1 Å². The molecule has 1 aliphatic rings. The Balaban J connectivity index is 0.00000324. The molecule has 1 aliphatic carbocycles. The Morgan fingerprint density at radius 1 is 1.21 bits per heavy atom. The lowest BCUT2D eigenvalue weighted by Gasteiger charge is -2.31. The molecule has 0 unspecified atom stereocenters. The predicted octanol–water partition coefficient (Wildman–Crippen LogP) is 3.12. The lowest BCUT2D eigenvalue weighted by atomic mass is 9.79. The molecule has 1 amide bonds. The summed E-state index contributed by atoms with van der Waals surface area (Å²) >= 11 is 0. The average Bonchev–Trinajstić information content (AvgIpc) is 2.89. The van der Waals surface area contributed by atoms with E-state index < -0.39 is 0 Å². The molecule has 3 nitrogen and oxygen atoms in total. The van der Waals surface area contributed by atoms with Crippen LogP contribution in [0.3, 0.4) is 0 Å². The molecule has 0 aromatic carbocycles. The van der Waals surface area contributed by atoms with E-state index >= 15 is 0 Å². The van der Waals surface area contributed by atoms with Crippen molar-refractivity contribution in [2.45, 2.75) is 59.3 Å². The highest BCUT2D eigenvalue weighted by atomic mass is 35.5. The highest BCUT2D eigenvalue weighted by Crippen LogP contribution is 2.32. The van der Waals surface area contributed by atoms with Gasteiger partial charge < -0.3 is 11.1 Å². The van der Waals surface area contributed by atoms with Crippen molar-refractivity contribution in [3.05, 3.63) is 0 Å². The summed E-state index contributed by atoms with van der Waals surface area (Å²) in [6.45, 7) is 8.13. The molecular weight excluding hydrogens is 260 g/mol. The summed E-state index contributed by atoms with van der Waals surface area (Å²) in [5.74, 6) is 0.810. The second-order valence-corrected chi connectivity index (χ2v) is 5.81. The van der Waals surface area contributed by atoms with Gasteiger partial charge in [0.15, 0.2) is 0 Å². The van der Waals surface area contributed by atoms with Gasteiger partial charge in [-0.05, 0) is 50.0 Å². The van der Waals surface area contributed by atoms with E-state index in [-0.39, 0.29) is 29.6 Å². The predicted molar refractivity (Wildman–Crippen MR) is 83.4 cm³/mol. The second-order valence-electron chi connectivity index (χ2n) is 5.81. The molecule has 0 heterocycles. The third-order valence-corrected chi connectivity index (χ3v) is 5.19. The van der Waals surface area contributed by atoms with Crippen molar-refractivity contribution in [1.29, 1.82) is 0 Å². The van der Waals surface area contributed by atoms with E-state index in [0.717, 1.165) is 45.1 Å². The lowest BCUT2D eigenvalue weighted by molar-refractivity contribution is -0.126. The largest absolute Gasteiger partial charge is 0.355 e. The molecule has 1 rings (SSSR count). The smallest absolute Gasteiger partial charge is 0.223 e. The van der Waals surface area contributed by atoms with Gasteiger partial charge in [0, 0.05) is 12.5 Å². The zero-order chi connectivity index (χ0) is 13.6. The number of amides is 1. The van der Waals surface area contributed by atoms with Crippen LogP contribution < -0.4 is 11.1 Å².